The number of hydrogen-bond acceptors (Lipinski definition) is 5. The molecular weight excluding hydrogens is 299 g/mol. The van der Waals surface area contributed by atoms with Crippen molar-refractivity contribution in [1.29, 1.82) is 0 Å². The summed E-state index contributed by atoms with van der Waals surface area (Å²) in [5.74, 6) is -0.911. The predicted octanol–water partition coefficient (Wildman–Crippen LogP) is 3.12. The second kappa shape index (κ2) is 5.51. The van der Waals surface area contributed by atoms with Gasteiger partial charge in [0.1, 0.15) is 28.0 Å². The zero-order chi connectivity index (χ0) is 13.1. The number of aromatic nitrogens is 2. The molecule has 2 rings (SSSR count). The fraction of sp³-hybridized carbons (Fsp3) is 0.100. The van der Waals surface area contributed by atoms with Crippen molar-refractivity contribution in [3.8, 4) is 5.75 Å². The van der Waals surface area contributed by atoms with Crippen LogP contribution >= 0.6 is 34.7 Å². The summed E-state index contributed by atoms with van der Waals surface area (Å²) >= 11 is 12.6. The van der Waals surface area contributed by atoms with E-state index in [9.17, 15) is 4.79 Å². The first-order valence-corrected chi connectivity index (χ1v) is 6.23. The second-order valence-corrected chi connectivity index (χ2v) is 5.02. The summed E-state index contributed by atoms with van der Waals surface area (Å²) in [4.78, 5) is 11.0. The average molecular weight is 305 g/mol. The van der Waals surface area contributed by atoms with Gasteiger partial charge < -0.3 is 9.84 Å². The maximum atomic E-state index is 11.0. The Labute approximate surface area is 116 Å². The van der Waals surface area contributed by atoms with E-state index in [0.29, 0.717) is 15.1 Å². The monoisotopic (exact) mass is 304 g/mol. The van der Waals surface area contributed by atoms with Crippen molar-refractivity contribution in [2.75, 3.05) is 0 Å². The molecule has 0 amide bonds. The highest BCUT2D eigenvalue weighted by Gasteiger charge is 2.13. The minimum atomic E-state index is -1.12. The first-order valence-electron chi connectivity index (χ1n) is 4.70. The Morgan fingerprint density at radius 1 is 1.44 bits per heavy atom. The summed E-state index contributed by atoms with van der Waals surface area (Å²) < 4.78 is 9.42. The Morgan fingerprint density at radius 2 is 2.22 bits per heavy atom. The lowest BCUT2D eigenvalue weighted by atomic mass is 10.2. The number of aromatic carboxylic acids is 1. The predicted molar refractivity (Wildman–Crippen MR) is 67.7 cm³/mol. The molecule has 5 nitrogen and oxygen atoms in total. The van der Waals surface area contributed by atoms with E-state index in [2.05, 4.69) is 9.59 Å². The molecule has 1 aromatic carbocycles. The van der Waals surface area contributed by atoms with Crippen LogP contribution in [0.5, 0.6) is 5.75 Å². The third kappa shape index (κ3) is 2.90. The number of nitrogens with zero attached hydrogens (tertiary/aromatic N) is 2. The summed E-state index contributed by atoms with van der Waals surface area (Å²) in [6, 6.07) is 4.35. The average Bonchev–Trinajstić information content (AvgIpc) is 2.73. The molecule has 0 fully saturated rings. The highest BCUT2D eigenvalue weighted by atomic mass is 35.5. The molecule has 0 aliphatic carbocycles. The Balaban J connectivity index is 2.19. The van der Waals surface area contributed by atoms with Crippen molar-refractivity contribution < 1.29 is 14.6 Å². The Kier molecular flexibility index (Phi) is 4.00. The van der Waals surface area contributed by atoms with Gasteiger partial charge in [-0.25, -0.2) is 4.79 Å². The number of halogens is 2. The van der Waals surface area contributed by atoms with Gasteiger partial charge in [-0.05, 0) is 18.2 Å². The quantitative estimate of drug-likeness (QED) is 0.939. The smallest absolute Gasteiger partial charge is 0.339 e. The molecule has 0 radical (unpaired) electrons. The van der Waals surface area contributed by atoms with Gasteiger partial charge in [0.15, 0.2) is 0 Å². The minimum Gasteiger partial charge on any atom is -0.486 e. The van der Waals surface area contributed by atoms with Crippen LogP contribution in [-0.2, 0) is 6.61 Å². The van der Waals surface area contributed by atoms with Crippen molar-refractivity contribution >= 4 is 40.7 Å². The number of benzene rings is 1. The highest BCUT2D eigenvalue weighted by Crippen LogP contribution is 2.25. The van der Waals surface area contributed by atoms with Crippen LogP contribution in [0.3, 0.4) is 0 Å². The van der Waals surface area contributed by atoms with Gasteiger partial charge in [-0.3, -0.25) is 0 Å². The number of ether oxygens (including phenoxy) is 1. The van der Waals surface area contributed by atoms with Crippen molar-refractivity contribution in [2.24, 2.45) is 0 Å². The Bertz CT molecular complexity index is 588. The molecule has 0 bridgehead atoms. The molecule has 0 atom stereocenters. The molecule has 18 heavy (non-hydrogen) atoms. The first kappa shape index (κ1) is 13.1. The highest BCUT2D eigenvalue weighted by molar-refractivity contribution is 7.10. The van der Waals surface area contributed by atoms with Crippen LogP contribution in [0.1, 0.15) is 16.1 Å². The largest absolute Gasteiger partial charge is 0.486 e. The van der Waals surface area contributed by atoms with Gasteiger partial charge >= 0.3 is 5.97 Å². The Hall–Kier alpha value is -1.37. The fourth-order valence-corrected chi connectivity index (χ4v) is 2.00. The lowest BCUT2D eigenvalue weighted by Crippen LogP contribution is -2.04. The summed E-state index contributed by atoms with van der Waals surface area (Å²) in [6.45, 7) is 0.0528. The maximum absolute atomic E-state index is 11.0. The molecule has 1 heterocycles. The lowest BCUT2D eigenvalue weighted by Gasteiger charge is -2.08. The molecule has 94 valence electrons. The van der Waals surface area contributed by atoms with E-state index in [0.717, 1.165) is 11.5 Å². The lowest BCUT2D eigenvalue weighted by molar-refractivity contribution is 0.0691. The van der Waals surface area contributed by atoms with E-state index < -0.39 is 5.97 Å². The van der Waals surface area contributed by atoms with E-state index >= 15 is 0 Å². The molecule has 0 spiro atoms. The molecule has 0 saturated heterocycles. The van der Waals surface area contributed by atoms with Gasteiger partial charge in [0, 0.05) is 16.6 Å². The number of carboxylic acid groups (broad SMARTS) is 1. The van der Waals surface area contributed by atoms with Crippen molar-refractivity contribution in [3.05, 3.63) is 38.8 Å². The number of hydrogen-bond donors (Lipinski definition) is 1. The number of carbonyl (C=O) groups is 1. The first-order chi connectivity index (χ1) is 8.58. The summed E-state index contributed by atoms with van der Waals surface area (Å²) in [5.41, 5.74) is 0.453. The van der Waals surface area contributed by atoms with Crippen molar-refractivity contribution in [3.63, 3.8) is 0 Å². The molecule has 0 unspecified atom stereocenters. The normalized spacial score (nSPS) is 10.3. The zero-order valence-corrected chi connectivity index (χ0v) is 11.1. The molecule has 0 saturated carbocycles. The minimum absolute atomic E-state index is 0.0122. The second-order valence-electron chi connectivity index (χ2n) is 3.23. The molecular formula is C10H6Cl2N2O3S. The van der Waals surface area contributed by atoms with Crippen LogP contribution in [0.2, 0.25) is 9.36 Å². The van der Waals surface area contributed by atoms with Gasteiger partial charge in [0.05, 0.1) is 0 Å². The third-order valence-corrected chi connectivity index (χ3v) is 3.27. The topological polar surface area (TPSA) is 72.3 Å². The van der Waals surface area contributed by atoms with Crippen LogP contribution < -0.4 is 4.74 Å². The van der Waals surface area contributed by atoms with Gasteiger partial charge in [0.25, 0.3) is 0 Å². The number of rotatable bonds is 4. The molecule has 1 aromatic heterocycles. The summed E-state index contributed by atoms with van der Waals surface area (Å²) in [5, 5.41) is 13.1. The van der Waals surface area contributed by atoms with E-state index in [1.165, 1.54) is 12.1 Å². The Morgan fingerprint density at radius 3 is 2.83 bits per heavy atom. The summed E-state index contributed by atoms with van der Waals surface area (Å²) in [6.07, 6.45) is 0. The van der Waals surface area contributed by atoms with Gasteiger partial charge in [-0.1, -0.05) is 27.7 Å². The molecule has 0 aliphatic heterocycles. The van der Waals surface area contributed by atoms with Gasteiger partial charge in [0.2, 0.25) is 0 Å². The number of carboxylic acids is 1. The van der Waals surface area contributed by atoms with Gasteiger partial charge in [-0.2, -0.15) is 0 Å². The maximum Gasteiger partial charge on any atom is 0.339 e. The van der Waals surface area contributed by atoms with Crippen LogP contribution in [0.15, 0.2) is 18.2 Å². The van der Waals surface area contributed by atoms with Crippen LogP contribution in [-0.4, -0.2) is 20.7 Å². The third-order valence-electron chi connectivity index (χ3n) is 2.05. The van der Waals surface area contributed by atoms with Crippen molar-refractivity contribution in [2.45, 2.75) is 6.61 Å². The van der Waals surface area contributed by atoms with Crippen LogP contribution in [0, 0.1) is 0 Å². The fourth-order valence-electron chi connectivity index (χ4n) is 1.22. The zero-order valence-electron chi connectivity index (χ0n) is 8.76. The molecule has 1 N–H and O–H groups in total. The van der Waals surface area contributed by atoms with E-state index in [1.54, 1.807) is 6.07 Å². The SMILES string of the molecule is O=C(O)c1cc(Cl)ccc1OCc1nnsc1Cl. The molecule has 8 heteroatoms. The van der Waals surface area contributed by atoms with E-state index in [1.807, 2.05) is 0 Å². The van der Waals surface area contributed by atoms with Gasteiger partial charge in [-0.15, -0.1) is 5.10 Å². The van der Waals surface area contributed by atoms with Crippen molar-refractivity contribution in [1.82, 2.24) is 9.59 Å². The summed E-state index contributed by atoms with van der Waals surface area (Å²) in [7, 11) is 0. The van der Waals surface area contributed by atoms with Crippen LogP contribution in [0.25, 0.3) is 0 Å². The van der Waals surface area contributed by atoms with Crippen LogP contribution in [0.4, 0.5) is 0 Å². The molecule has 2 aromatic rings. The van der Waals surface area contributed by atoms with E-state index in [4.69, 9.17) is 33.0 Å². The molecule has 0 aliphatic rings. The van der Waals surface area contributed by atoms with E-state index in [-0.39, 0.29) is 17.9 Å². The standard InChI is InChI=1S/C10H6Cl2N2O3S/c11-5-1-2-8(6(3-5)10(15)16)17-4-7-9(12)18-14-13-7/h1-3H,4H2,(H,15,16).